The summed E-state index contributed by atoms with van der Waals surface area (Å²) in [6, 6.07) is 56.1. The second-order valence-corrected chi connectivity index (χ2v) is 37.2. The van der Waals surface area contributed by atoms with Gasteiger partial charge in [0, 0.05) is 142 Å². The highest BCUT2D eigenvalue weighted by atomic mass is 35.7. The predicted octanol–water partition coefficient (Wildman–Crippen LogP) is 16.8. The molecule has 3 N–H and O–H groups in total. The maximum Gasteiger partial charge on any atom is 0.410 e. The number of carbonyl (C=O) groups is 5. The maximum atomic E-state index is 13.0. The molecule has 28 heteroatoms. The van der Waals surface area contributed by atoms with Crippen molar-refractivity contribution in [3.8, 4) is 17.2 Å². The average molecular weight is 1770 g/mol. The van der Waals surface area contributed by atoms with Crippen LogP contribution in [0.3, 0.4) is 0 Å². The number of hydrogen-bond acceptors (Lipinski definition) is 17. The summed E-state index contributed by atoms with van der Waals surface area (Å²) in [4.78, 5) is 73.7. The lowest BCUT2D eigenvalue weighted by Crippen LogP contribution is -2.39. The van der Waals surface area contributed by atoms with Crippen molar-refractivity contribution in [2.75, 3.05) is 91.6 Å². The van der Waals surface area contributed by atoms with Crippen LogP contribution in [-0.4, -0.2) is 188 Å². The van der Waals surface area contributed by atoms with Gasteiger partial charge in [-0.2, -0.15) is 0 Å². The molecule has 3 saturated heterocycles. The third-order valence-electron chi connectivity index (χ3n) is 23.2. The zero-order valence-corrected chi connectivity index (χ0v) is 74.4. The van der Waals surface area contributed by atoms with Crippen molar-refractivity contribution in [1.82, 2.24) is 39.3 Å². The molecule has 14 rings (SSSR count). The molecule has 8 aromatic rings. The second kappa shape index (κ2) is 41.9. The van der Waals surface area contributed by atoms with Gasteiger partial charge in [0.2, 0.25) is 20.0 Å². The number of hydrogen-bond donors (Lipinski definition) is 3. The Bertz CT molecular complexity index is 5550. The molecule has 3 fully saturated rings. The zero-order valence-electron chi connectivity index (χ0n) is 71.2. The van der Waals surface area contributed by atoms with Gasteiger partial charge in [-0.3, -0.25) is 14.4 Å². The number of halogens is 1. The van der Waals surface area contributed by atoms with Crippen LogP contribution in [0.1, 0.15) is 196 Å². The van der Waals surface area contributed by atoms with Gasteiger partial charge < -0.3 is 53.5 Å². The second-order valence-electron chi connectivity index (χ2n) is 31.1. The first kappa shape index (κ1) is 94.0. The van der Waals surface area contributed by atoms with Crippen LogP contribution < -0.4 is 29.0 Å². The minimum absolute atomic E-state index is 0. The van der Waals surface area contributed by atoms with E-state index in [9.17, 15) is 49.2 Å². The van der Waals surface area contributed by atoms with Gasteiger partial charge >= 0.3 is 12.2 Å². The van der Waals surface area contributed by atoms with Crippen LogP contribution in [-0.2, 0) is 51.8 Å². The highest BCUT2D eigenvalue weighted by Gasteiger charge is 2.43. The van der Waals surface area contributed by atoms with Gasteiger partial charge in [-0.05, 0) is 247 Å². The Morgan fingerprint density at radius 3 is 1.06 bits per heavy atom. The van der Waals surface area contributed by atoms with Crippen molar-refractivity contribution < 1.29 is 72.9 Å². The normalized spacial score (nSPS) is 18.4. The van der Waals surface area contributed by atoms with Crippen LogP contribution in [0.4, 0.5) is 9.59 Å². The number of likely N-dealkylation sites (tertiary alicyclic amines) is 2. The molecule has 124 heavy (non-hydrogen) atoms. The molecule has 8 aromatic carbocycles. The van der Waals surface area contributed by atoms with Gasteiger partial charge in [-0.25, -0.2) is 44.3 Å². The van der Waals surface area contributed by atoms with Gasteiger partial charge in [0.15, 0.2) is 0 Å². The SMILES string of the molecule is C.CCN(CC)C(=O)c1ccc(C2=CC3(CCCN(C(=O)OCc4ccccc4)CC3)Oc3ccc(S(=O)(=O)Cl)cc32)cc1.CCNS(=O)(=O)c1ccc2c(c1)C(c1ccc(C(=O)N(CC)CC)cc1)=CC1(CCCN(C(=O)OCc3ccccc3)CC1)O2.CCNS(=O)(=O)c1ccc2c(c1)C(c1ccc(C(=O)N(CC)CC)cc1)=CC1(CCCNCC1)O2. The molecular formula is C96H115ClN8O16S3. The number of ether oxygens (including phenoxy) is 5. The molecule has 0 aromatic heterocycles. The molecule has 3 spiro atoms. The molecule has 0 radical (unpaired) electrons. The smallest absolute Gasteiger partial charge is 0.410 e. The fourth-order valence-corrected chi connectivity index (χ4v) is 19.4. The Balaban J connectivity index is 0.000000182. The van der Waals surface area contributed by atoms with Crippen molar-refractivity contribution in [1.29, 1.82) is 0 Å². The van der Waals surface area contributed by atoms with E-state index in [2.05, 4.69) is 26.9 Å². The van der Waals surface area contributed by atoms with Crippen molar-refractivity contribution in [3.63, 3.8) is 0 Å². The summed E-state index contributed by atoms with van der Waals surface area (Å²) in [5.74, 6) is 1.71. The number of rotatable bonds is 23. The summed E-state index contributed by atoms with van der Waals surface area (Å²) in [5, 5.41) is 3.44. The Hall–Kier alpha value is -10.7. The zero-order chi connectivity index (χ0) is 87.7. The molecule has 3 unspecified atom stereocenters. The molecule has 24 nitrogen and oxygen atoms in total. The van der Waals surface area contributed by atoms with E-state index in [1.807, 2.05) is 169 Å². The Morgan fingerprint density at radius 1 is 0.403 bits per heavy atom. The molecule has 6 aliphatic heterocycles. The largest absolute Gasteiger partial charge is 0.482 e. The number of nitrogens with zero attached hydrogens (tertiary/aromatic N) is 5. The third kappa shape index (κ3) is 22.5. The number of fused-ring (bicyclic) bond motifs is 3. The first-order valence-electron chi connectivity index (χ1n) is 42.6. The average Bonchev–Trinajstić information content (AvgIpc) is 1.11. The van der Waals surface area contributed by atoms with E-state index < -0.39 is 45.9 Å². The quantitative estimate of drug-likeness (QED) is 0.0502. The Kier molecular flexibility index (Phi) is 31.8. The van der Waals surface area contributed by atoms with E-state index in [1.54, 1.807) is 92.9 Å². The highest BCUT2D eigenvalue weighted by molar-refractivity contribution is 8.13. The predicted molar refractivity (Wildman–Crippen MR) is 484 cm³/mol. The molecule has 6 aliphatic rings. The Labute approximate surface area is 735 Å². The lowest BCUT2D eigenvalue weighted by molar-refractivity contribution is 0.0765. The van der Waals surface area contributed by atoms with E-state index in [0.29, 0.717) is 156 Å². The van der Waals surface area contributed by atoms with Crippen molar-refractivity contribution in [3.05, 3.63) is 267 Å². The van der Waals surface area contributed by atoms with Crippen molar-refractivity contribution >= 4 is 86.4 Å². The number of sulfonamides is 2. The minimum Gasteiger partial charge on any atom is -0.482 e. The molecule has 0 saturated carbocycles. The number of amides is 5. The van der Waals surface area contributed by atoms with Crippen LogP contribution in [0.15, 0.2) is 221 Å². The summed E-state index contributed by atoms with van der Waals surface area (Å²) < 4.78 is 112. The number of benzene rings is 8. The van der Waals surface area contributed by atoms with Crippen molar-refractivity contribution in [2.45, 2.75) is 165 Å². The van der Waals surface area contributed by atoms with Gasteiger partial charge in [0.1, 0.15) is 47.3 Å². The van der Waals surface area contributed by atoms with Crippen LogP contribution >= 0.6 is 10.7 Å². The highest BCUT2D eigenvalue weighted by Crippen LogP contribution is 2.48. The van der Waals surface area contributed by atoms with Crippen molar-refractivity contribution in [2.24, 2.45) is 0 Å². The third-order valence-corrected chi connectivity index (χ3v) is 27.6. The van der Waals surface area contributed by atoms with Gasteiger partial charge in [0.25, 0.3) is 26.8 Å². The van der Waals surface area contributed by atoms with E-state index >= 15 is 0 Å². The van der Waals surface area contributed by atoms with Crippen LogP contribution in [0, 0.1) is 0 Å². The molecule has 0 aliphatic carbocycles. The first-order chi connectivity index (χ1) is 59.1. The fraction of sp³-hybridized carbons (Fsp3) is 0.385. The summed E-state index contributed by atoms with van der Waals surface area (Å²) in [7, 11) is -5.59. The summed E-state index contributed by atoms with van der Waals surface area (Å²) in [6.45, 7) is 23.8. The van der Waals surface area contributed by atoms with Gasteiger partial charge in [-0.15, -0.1) is 0 Å². The van der Waals surface area contributed by atoms with Crippen LogP contribution in [0.2, 0.25) is 0 Å². The first-order valence-corrected chi connectivity index (χ1v) is 47.8. The monoisotopic (exact) mass is 1770 g/mol. The topological polar surface area (TPSA) is 286 Å². The fourth-order valence-electron chi connectivity index (χ4n) is 16.4. The van der Waals surface area contributed by atoms with E-state index in [4.69, 9.17) is 34.4 Å². The Morgan fingerprint density at radius 2 is 0.726 bits per heavy atom. The number of carbonyl (C=O) groups excluding carboxylic acids is 5. The van der Waals surface area contributed by atoms with E-state index in [1.165, 1.54) is 12.1 Å². The maximum absolute atomic E-state index is 13.0. The molecule has 660 valence electrons. The molecular weight excluding hydrogens is 1650 g/mol. The lowest BCUT2D eigenvalue weighted by atomic mass is 9.84. The van der Waals surface area contributed by atoms with Crippen LogP contribution in [0.5, 0.6) is 17.2 Å². The minimum atomic E-state index is -3.98. The molecule has 5 amide bonds. The van der Waals surface area contributed by atoms with E-state index in [-0.39, 0.29) is 71.8 Å². The summed E-state index contributed by atoms with van der Waals surface area (Å²) >= 11 is 0. The molecule has 3 atom stereocenters. The summed E-state index contributed by atoms with van der Waals surface area (Å²) in [5.41, 5.74) is 8.89. The van der Waals surface area contributed by atoms with Gasteiger partial charge in [0.05, 0.1) is 14.7 Å². The van der Waals surface area contributed by atoms with E-state index in [0.717, 1.165) is 82.5 Å². The van der Waals surface area contributed by atoms with Crippen LogP contribution in [0.25, 0.3) is 16.7 Å². The lowest BCUT2D eigenvalue weighted by Gasteiger charge is -2.37. The number of nitrogens with one attached hydrogen (secondary N) is 3. The standard InChI is InChI=1S/C35H41N3O6S.C33H35ClN2O6S.C27H35N3O4S.CH4/c1-4-36-45(41,42)29-17-18-32-30(23-29)31(27-13-15-28(16-14-27)33(39)37(5-2)6-3)24-35(44-32)19-10-21-38(22-20-35)34(40)43-25-26-11-8-7-9-12-26;1-3-35(4-2)31(37)26-13-11-25(12-14-26)29-22-33(42-30-16-15-27(21-28(29)30)43(34,39)40)17-8-19-36(20-18-33)32(38)41-23-24-9-6-5-7-10-24;1-4-29-35(32,33)22-12-13-25-23(18-22)24(19-27(34-25)14-7-16-28-17-15-27)20-8-10-21(11-9-20)26(31)30(5-2)6-3;/h7-9,11-18,23-24,36H,4-6,10,19-22,25H2,1-3H3;5-7,9-16,21-22H,3-4,8,17-20,23H2,1-2H3;8-13,18-19,28-29H,4-7,14-17H2,1-3H3;1H4. The molecule has 6 heterocycles. The molecule has 0 bridgehead atoms. The van der Waals surface area contributed by atoms with Gasteiger partial charge in [-0.1, -0.05) is 118 Å². The summed E-state index contributed by atoms with van der Waals surface area (Å²) in [6.07, 6.45) is 12.0.